The van der Waals surface area contributed by atoms with Crippen LogP contribution in [0.3, 0.4) is 0 Å². The molecule has 4 aliphatic rings. The highest BCUT2D eigenvalue weighted by Gasteiger charge is 2.46. The monoisotopic (exact) mass is 367 g/mol. The molecule has 6 heteroatoms. The molecule has 0 aromatic heterocycles. The van der Waals surface area contributed by atoms with Gasteiger partial charge in [-0.05, 0) is 50.9 Å². The molecular formula is C20H34FN3O2. The lowest BCUT2D eigenvalue weighted by atomic mass is 9.77. The Hall–Kier alpha value is -0.720. The predicted octanol–water partition coefficient (Wildman–Crippen LogP) is 1.86. The van der Waals surface area contributed by atoms with Crippen molar-refractivity contribution < 1.29 is 13.9 Å². The number of carbonyl (C=O) groups excluding carboxylic acids is 1. The van der Waals surface area contributed by atoms with E-state index in [9.17, 15) is 9.18 Å². The number of carbonyl (C=O) groups is 1. The van der Waals surface area contributed by atoms with Gasteiger partial charge in [0, 0.05) is 37.1 Å². The number of rotatable bonds is 3. The van der Waals surface area contributed by atoms with Crippen LogP contribution in [0, 0.1) is 11.8 Å². The van der Waals surface area contributed by atoms with E-state index in [4.69, 9.17) is 4.74 Å². The van der Waals surface area contributed by atoms with Gasteiger partial charge in [-0.1, -0.05) is 6.92 Å². The average molecular weight is 368 g/mol. The van der Waals surface area contributed by atoms with Crippen molar-refractivity contribution in [3.63, 3.8) is 0 Å². The minimum Gasteiger partial charge on any atom is -0.379 e. The molecule has 5 unspecified atom stereocenters. The van der Waals surface area contributed by atoms with Crippen molar-refractivity contribution in [2.24, 2.45) is 11.8 Å². The number of halogens is 1. The Morgan fingerprint density at radius 1 is 1.15 bits per heavy atom. The summed E-state index contributed by atoms with van der Waals surface area (Å²) in [6.07, 6.45) is 5.97. The summed E-state index contributed by atoms with van der Waals surface area (Å²) >= 11 is 0. The fourth-order valence-electron chi connectivity index (χ4n) is 5.67. The molecule has 0 aromatic rings. The summed E-state index contributed by atoms with van der Waals surface area (Å²) in [6, 6.07) is 0.772. The van der Waals surface area contributed by atoms with Gasteiger partial charge in [0.05, 0.1) is 19.3 Å². The first kappa shape index (κ1) is 18.6. The molecule has 2 heterocycles. The third-order valence-corrected chi connectivity index (χ3v) is 7.21. The number of morpholine rings is 1. The Kier molecular flexibility index (Phi) is 5.81. The summed E-state index contributed by atoms with van der Waals surface area (Å²) in [5, 5.41) is 6.75. The molecule has 2 aliphatic carbocycles. The smallest absolute Gasteiger partial charge is 0.237 e. The van der Waals surface area contributed by atoms with E-state index >= 15 is 0 Å². The highest BCUT2D eigenvalue weighted by molar-refractivity contribution is 5.82. The normalized spacial score (nSPS) is 44.5. The zero-order chi connectivity index (χ0) is 18.1. The van der Waals surface area contributed by atoms with Crippen molar-refractivity contribution in [3.8, 4) is 0 Å². The van der Waals surface area contributed by atoms with E-state index < -0.39 is 6.17 Å². The Bertz CT molecular complexity index is 481. The van der Waals surface area contributed by atoms with Crippen LogP contribution in [0.15, 0.2) is 0 Å². The minimum absolute atomic E-state index is 0.0157. The van der Waals surface area contributed by atoms with Crippen LogP contribution in [-0.4, -0.2) is 67.4 Å². The molecule has 26 heavy (non-hydrogen) atoms. The summed E-state index contributed by atoms with van der Waals surface area (Å²) in [5.41, 5.74) is 0. The number of hydrogen-bond donors (Lipinski definition) is 2. The zero-order valence-corrected chi connectivity index (χ0v) is 16.0. The fourth-order valence-corrected chi connectivity index (χ4v) is 5.67. The highest BCUT2D eigenvalue weighted by Crippen LogP contribution is 2.38. The first-order valence-corrected chi connectivity index (χ1v) is 10.6. The average Bonchev–Trinajstić information content (AvgIpc) is 3.13. The van der Waals surface area contributed by atoms with Gasteiger partial charge in [-0.15, -0.1) is 0 Å². The number of alkyl halides is 1. The Morgan fingerprint density at radius 2 is 1.96 bits per heavy atom. The standard InChI is InChI=1S/C20H34FN3O2/c1-13-5-6-17(21)16-12-18(23-19(13)16)20(25)22-14-3-2-4-15(11-14)24-7-9-26-10-8-24/h13-19,23H,2-12H2,1H3,(H,22,25)/t13?,14-,15-,16?,17?,18?,19?/m1/s1. The largest absolute Gasteiger partial charge is 0.379 e. The SMILES string of the molecule is CC1CCC(F)C2CC(C(=O)N[C@@H]3CCC[C@@H](N4CCOCC4)C3)NC12. The van der Waals surface area contributed by atoms with E-state index in [1.807, 2.05) is 0 Å². The van der Waals surface area contributed by atoms with Gasteiger partial charge in [0.2, 0.25) is 5.91 Å². The van der Waals surface area contributed by atoms with Gasteiger partial charge in [0.25, 0.3) is 0 Å². The van der Waals surface area contributed by atoms with Crippen molar-refractivity contribution in [2.45, 2.75) is 82.2 Å². The molecule has 148 valence electrons. The molecule has 0 spiro atoms. The first-order chi connectivity index (χ1) is 12.6. The molecule has 7 atom stereocenters. The lowest BCUT2D eigenvalue weighted by molar-refractivity contribution is -0.124. The predicted molar refractivity (Wildman–Crippen MR) is 98.7 cm³/mol. The second kappa shape index (κ2) is 8.11. The molecule has 0 aromatic carbocycles. The number of hydrogen-bond acceptors (Lipinski definition) is 4. The quantitative estimate of drug-likeness (QED) is 0.800. The number of nitrogens with one attached hydrogen (secondary N) is 2. The van der Waals surface area contributed by atoms with E-state index in [0.29, 0.717) is 24.8 Å². The van der Waals surface area contributed by atoms with Gasteiger partial charge in [-0.3, -0.25) is 9.69 Å². The number of ether oxygens (including phenoxy) is 1. The lowest BCUT2D eigenvalue weighted by Gasteiger charge is -2.39. The van der Waals surface area contributed by atoms with Crippen LogP contribution in [0.5, 0.6) is 0 Å². The lowest BCUT2D eigenvalue weighted by Crippen LogP contribution is -2.52. The van der Waals surface area contributed by atoms with Crippen molar-refractivity contribution >= 4 is 5.91 Å². The van der Waals surface area contributed by atoms with Crippen LogP contribution in [0.2, 0.25) is 0 Å². The van der Waals surface area contributed by atoms with Gasteiger partial charge in [0.1, 0.15) is 6.17 Å². The molecule has 2 N–H and O–H groups in total. The molecule has 4 rings (SSSR count). The third-order valence-electron chi connectivity index (χ3n) is 7.21. The van der Waals surface area contributed by atoms with Crippen LogP contribution >= 0.6 is 0 Å². The van der Waals surface area contributed by atoms with E-state index in [1.54, 1.807) is 0 Å². The van der Waals surface area contributed by atoms with Crippen LogP contribution in [-0.2, 0) is 9.53 Å². The molecule has 1 amide bonds. The summed E-state index contributed by atoms with van der Waals surface area (Å²) in [5.74, 6) is 0.568. The maximum Gasteiger partial charge on any atom is 0.237 e. The highest BCUT2D eigenvalue weighted by atomic mass is 19.1. The van der Waals surface area contributed by atoms with Gasteiger partial charge in [0.15, 0.2) is 0 Å². The van der Waals surface area contributed by atoms with Crippen LogP contribution in [0.1, 0.15) is 51.9 Å². The Labute approximate surface area is 156 Å². The van der Waals surface area contributed by atoms with Crippen molar-refractivity contribution in [1.29, 1.82) is 0 Å². The number of fused-ring (bicyclic) bond motifs is 1. The molecule has 5 nitrogen and oxygen atoms in total. The van der Waals surface area contributed by atoms with Crippen molar-refractivity contribution in [1.82, 2.24) is 15.5 Å². The first-order valence-electron chi connectivity index (χ1n) is 10.6. The molecule has 4 fully saturated rings. The van der Waals surface area contributed by atoms with Gasteiger partial charge >= 0.3 is 0 Å². The molecule has 2 aliphatic heterocycles. The summed E-state index contributed by atoms with van der Waals surface area (Å²) < 4.78 is 19.7. The van der Waals surface area contributed by atoms with E-state index in [-0.39, 0.29) is 30.0 Å². The summed E-state index contributed by atoms with van der Waals surface area (Å²) in [6.45, 7) is 5.85. The third kappa shape index (κ3) is 3.92. The van der Waals surface area contributed by atoms with Crippen molar-refractivity contribution in [2.75, 3.05) is 26.3 Å². The molecular weight excluding hydrogens is 333 g/mol. The Morgan fingerprint density at radius 3 is 2.73 bits per heavy atom. The van der Waals surface area contributed by atoms with E-state index in [2.05, 4.69) is 22.5 Å². The zero-order valence-electron chi connectivity index (χ0n) is 16.0. The van der Waals surface area contributed by atoms with Gasteiger partial charge in [-0.25, -0.2) is 4.39 Å². The minimum atomic E-state index is -0.748. The van der Waals surface area contributed by atoms with Crippen LogP contribution in [0.25, 0.3) is 0 Å². The maximum absolute atomic E-state index is 14.3. The van der Waals surface area contributed by atoms with Gasteiger partial charge in [-0.2, -0.15) is 0 Å². The van der Waals surface area contributed by atoms with Crippen LogP contribution in [0.4, 0.5) is 4.39 Å². The second-order valence-electron chi connectivity index (χ2n) is 8.89. The van der Waals surface area contributed by atoms with E-state index in [0.717, 1.165) is 45.6 Å². The Balaban J connectivity index is 1.30. The molecule has 2 saturated heterocycles. The number of nitrogens with zero attached hydrogens (tertiary/aromatic N) is 1. The summed E-state index contributed by atoms with van der Waals surface area (Å²) in [7, 11) is 0. The van der Waals surface area contributed by atoms with Gasteiger partial charge < -0.3 is 15.4 Å². The topological polar surface area (TPSA) is 53.6 Å². The maximum atomic E-state index is 14.3. The number of amides is 1. The fraction of sp³-hybridized carbons (Fsp3) is 0.950. The molecule has 0 bridgehead atoms. The van der Waals surface area contributed by atoms with Crippen LogP contribution < -0.4 is 10.6 Å². The second-order valence-corrected chi connectivity index (χ2v) is 8.89. The van der Waals surface area contributed by atoms with E-state index in [1.165, 1.54) is 12.8 Å². The summed E-state index contributed by atoms with van der Waals surface area (Å²) in [4.78, 5) is 15.4. The van der Waals surface area contributed by atoms with Crippen molar-refractivity contribution in [3.05, 3.63) is 0 Å². The molecule has 0 radical (unpaired) electrons. The molecule has 2 saturated carbocycles.